The number of aromatic nitrogens is 5. The van der Waals surface area contributed by atoms with Gasteiger partial charge in [0.25, 0.3) is 5.91 Å². The van der Waals surface area contributed by atoms with Crippen molar-refractivity contribution < 1.29 is 14.6 Å². The van der Waals surface area contributed by atoms with E-state index in [2.05, 4.69) is 15.0 Å². The number of amides is 1. The number of aromatic amines is 1. The van der Waals surface area contributed by atoms with Gasteiger partial charge in [0.15, 0.2) is 0 Å². The predicted molar refractivity (Wildman–Crippen MR) is 153 cm³/mol. The molecule has 2 aromatic carbocycles. The van der Waals surface area contributed by atoms with Crippen molar-refractivity contribution in [1.29, 1.82) is 0 Å². The van der Waals surface area contributed by atoms with E-state index < -0.39 is 0 Å². The number of H-pyrrole nitrogens is 1. The summed E-state index contributed by atoms with van der Waals surface area (Å²) >= 11 is 0. The standard InChI is InChI=1S/C31H32N6O3/c1-36-17-15-32-28(36)13-10-22-6-3-4-16-37(22)31(39)21-8-11-25-26(19-21)35-29(34-25)24-18-20(9-12-27(24)38)23-7-5-14-33-30(23)40-2/h5,7-9,11-12,14-15,17-19,22,38H,3-4,6,10,13,16H2,1-2H3,(H,34,35). The Morgan fingerprint density at radius 3 is 2.83 bits per heavy atom. The normalized spacial score (nSPS) is 15.4. The molecular formula is C31H32N6O3. The zero-order chi connectivity index (χ0) is 27.6. The molecule has 1 aliphatic heterocycles. The van der Waals surface area contributed by atoms with E-state index in [1.807, 2.05) is 71.4 Å². The van der Waals surface area contributed by atoms with Gasteiger partial charge in [-0.15, -0.1) is 0 Å². The van der Waals surface area contributed by atoms with E-state index in [-0.39, 0.29) is 17.7 Å². The first-order chi connectivity index (χ1) is 19.5. The maximum Gasteiger partial charge on any atom is 0.254 e. The number of ether oxygens (including phenoxy) is 1. The summed E-state index contributed by atoms with van der Waals surface area (Å²) < 4.78 is 7.46. The highest BCUT2D eigenvalue weighted by Gasteiger charge is 2.28. The van der Waals surface area contributed by atoms with Crippen molar-refractivity contribution in [1.82, 2.24) is 29.4 Å². The summed E-state index contributed by atoms with van der Waals surface area (Å²) in [6.07, 6.45) is 10.3. The van der Waals surface area contributed by atoms with Crippen molar-refractivity contribution in [3.63, 3.8) is 0 Å². The summed E-state index contributed by atoms with van der Waals surface area (Å²) in [5, 5.41) is 10.7. The van der Waals surface area contributed by atoms with Crippen LogP contribution in [-0.4, -0.2) is 60.1 Å². The van der Waals surface area contributed by atoms with E-state index in [0.717, 1.165) is 61.1 Å². The highest BCUT2D eigenvalue weighted by molar-refractivity contribution is 5.98. The van der Waals surface area contributed by atoms with Crippen LogP contribution in [0.1, 0.15) is 41.9 Å². The number of rotatable bonds is 7. The molecule has 204 valence electrons. The zero-order valence-electron chi connectivity index (χ0n) is 22.7. The van der Waals surface area contributed by atoms with Gasteiger partial charge in [0, 0.05) is 55.8 Å². The fourth-order valence-electron chi connectivity index (χ4n) is 5.60. The number of nitrogens with one attached hydrogen (secondary N) is 1. The Kier molecular flexibility index (Phi) is 6.94. The monoisotopic (exact) mass is 536 g/mol. The van der Waals surface area contributed by atoms with Crippen molar-refractivity contribution in [2.24, 2.45) is 7.05 Å². The van der Waals surface area contributed by atoms with E-state index >= 15 is 0 Å². The van der Waals surface area contributed by atoms with Crippen LogP contribution in [0, 0.1) is 0 Å². The molecule has 0 saturated carbocycles. The van der Waals surface area contributed by atoms with Crippen LogP contribution in [0.3, 0.4) is 0 Å². The van der Waals surface area contributed by atoms with Crippen LogP contribution in [-0.2, 0) is 13.5 Å². The molecule has 5 aromatic rings. The minimum absolute atomic E-state index is 0.0320. The Bertz CT molecular complexity index is 1670. The molecule has 1 atom stereocenters. The number of methoxy groups -OCH3 is 1. The molecule has 40 heavy (non-hydrogen) atoms. The lowest BCUT2D eigenvalue weighted by molar-refractivity contribution is 0.0601. The molecule has 6 rings (SSSR count). The third-order valence-corrected chi connectivity index (χ3v) is 7.77. The number of aryl methyl sites for hydroxylation is 2. The number of carbonyl (C=O) groups excluding carboxylic acids is 1. The van der Waals surface area contributed by atoms with Crippen molar-refractivity contribution >= 4 is 16.9 Å². The molecule has 1 fully saturated rings. The first-order valence-electron chi connectivity index (χ1n) is 13.6. The number of hydrogen-bond donors (Lipinski definition) is 2. The molecule has 0 bridgehead atoms. The van der Waals surface area contributed by atoms with Crippen LogP contribution >= 0.6 is 0 Å². The number of aromatic hydroxyl groups is 1. The van der Waals surface area contributed by atoms with Gasteiger partial charge in [-0.2, -0.15) is 0 Å². The molecule has 1 unspecified atom stereocenters. The average molecular weight is 537 g/mol. The van der Waals surface area contributed by atoms with E-state index in [1.54, 1.807) is 19.4 Å². The topological polar surface area (TPSA) is 109 Å². The lowest BCUT2D eigenvalue weighted by atomic mass is 9.96. The number of fused-ring (bicyclic) bond motifs is 1. The molecule has 1 aliphatic rings. The van der Waals surface area contributed by atoms with Crippen molar-refractivity contribution in [3.05, 3.63) is 78.5 Å². The second-order valence-electron chi connectivity index (χ2n) is 10.3. The van der Waals surface area contributed by atoms with Gasteiger partial charge in [0.1, 0.15) is 17.4 Å². The SMILES string of the molecule is COc1ncccc1-c1ccc(O)c(-c2nc3cc(C(=O)N4CCCCC4CCc4nccn4C)ccc3[nH]2)c1. The van der Waals surface area contributed by atoms with Crippen LogP contribution < -0.4 is 4.74 Å². The molecule has 9 heteroatoms. The maximum absolute atomic E-state index is 13.7. The van der Waals surface area contributed by atoms with Crippen molar-refractivity contribution in [3.8, 4) is 34.1 Å². The minimum atomic E-state index is 0.0320. The fourth-order valence-corrected chi connectivity index (χ4v) is 5.60. The summed E-state index contributed by atoms with van der Waals surface area (Å²) in [6, 6.07) is 14.9. The van der Waals surface area contributed by atoms with Gasteiger partial charge in [-0.05, 0) is 73.7 Å². The van der Waals surface area contributed by atoms with Crippen molar-refractivity contribution in [2.75, 3.05) is 13.7 Å². The van der Waals surface area contributed by atoms with Gasteiger partial charge in [-0.25, -0.2) is 15.0 Å². The second-order valence-corrected chi connectivity index (χ2v) is 10.3. The number of phenols is 1. The molecule has 0 aliphatic carbocycles. The van der Waals surface area contributed by atoms with E-state index in [9.17, 15) is 9.90 Å². The van der Waals surface area contributed by atoms with Gasteiger partial charge in [-0.3, -0.25) is 4.79 Å². The number of likely N-dealkylation sites (tertiary alicyclic amines) is 1. The number of imidazole rings is 2. The number of carbonyl (C=O) groups is 1. The number of nitrogens with zero attached hydrogens (tertiary/aromatic N) is 5. The van der Waals surface area contributed by atoms with Crippen LogP contribution in [0.2, 0.25) is 0 Å². The number of piperidine rings is 1. The Balaban J connectivity index is 1.27. The van der Waals surface area contributed by atoms with Crippen molar-refractivity contribution in [2.45, 2.75) is 38.1 Å². The summed E-state index contributed by atoms with van der Waals surface area (Å²) in [6.45, 7) is 0.756. The van der Waals surface area contributed by atoms with Gasteiger partial charge in [0.2, 0.25) is 5.88 Å². The first kappa shape index (κ1) is 25.6. The predicted octanol–water partition coefficient (Wildman–Crippen LogP) is 5.37. The van der Waals surface area contributed by atoms with Gasteiger partial charge in [0.05, 0.1) is 23.7 Å². The van der Waals surface area contributed by atoms with Crippen LogP contribution in [0.25, 0.3) is 33.5 Å². The minimum Gasteiger partial charge on any atom is -0.507 e. The van der Waals surface area contributed by atoms with Crippen LogP contribution in [0.4, 0.5) is 0 Å². The lowest BCUT2D eigenvalue weighted by Crippen LogP contribution is -2.44. The molecule has 4 heterocycles. The highest BCUT2D eigenvalue weighted by atomic mass is 16.5. The Morgan fingerprint density at radius 2 is 2.00 bits per heavy atom. The number of pyridine rings is 1. The Labute approximate surface area is 232 Å². The molecular weight excluding hydrogens is 504 g/mol. The molecule has 9 nitrogen and oxygen atoms in total. The summed E-state index contributed by atoms with van der Waals surface area (Å²) in [7, 11) is 3.59. The maximum atomic E-state index is 13.7. The Hall–Kier alpha value is -4.66. The molecule has 0 spiro atoms. The van der Waals surface area contributed by atoms with Crippen LogP contribution in [0.5, 0.6) is 11.6 Å². The largest absolute Gasteiger partial charge is 0.507 e. The molecule has 2 N–H and O–H groups in total. The summed E-state index contributed by atoms with van der Waals surface area (Å²) in [5.74, 6) is 2.20. The number of benzene rings is 2. The van der Waals surface area contributed by atoms with E-state index in [0.29, 0.717) is 28.3 Å². The zero-order valence-corrected chi connectivity index (χ0v) is 22.7. The first-order valence-corrected chi connectivity index (χ1v) is 13.6. The highest BCUT2D eigenvalue weighted by Crippen LogP contribution is 2.36. The molecule has 1 saturated heterocycles. The lowest BCUT2D eigenvalue weighted by Gasteiger charge is -2.36. The molecule has 1 amide bonds. The summed E-state index contributed by atoms with van der Waals surface area (Å²) in [4.78, 5) is 32.5. The quantitative estimate of drug-likeness (QED) is 0.290. The third-order valence-electron chi connectivity index (χ3n) is 7.77. The van der Waals surface area contributed by atoms with Crippen LogP contribution in [0.15, 0.2) is 67.1 Å². The smallest absolute Gasteiger partial charge is 0.254 e. The van der Waals surface area contributed by atoms with Gasteiger partial charge < -0.3 is 24.3 Å². The number of hydrogen-bond acceptors (Lipinski definition) is 6. The van der Waals surface area contributed by atoms with Gasteiger partial charge >= 0.3 is 0 Å². The number of phenolic OH excluding ortho intramolecular Hbond substituents is 1. The van der Waals surface area contributed by atoms with Gasteiger partial charge in [-0.1, -0.05) is 6.07 Å². The summed E-state index contributed by atoms with van der Waals surface area (Å²) in [5.41, 5.74) is 4.29. The molecule has 3 aromatic heterocycles. The third kappa shape index (κ3) is 4.90. The van der Waals surface area contributed by atoms with E-state index in [1.165, 1.54) is 0 Å². The van der Waals surface area contributed by atoms with E-state index in [4.69, 9.17) is 9.72 Å². The fraction of sp³-hybridized carbons (Fsp3) is 0.290. The molecule has 0 radical (unpaired) electrons. The Morgan fingerprint density at radius 1 is 1.10 bits per heavy atom. The average Bonchev–Trinajstić information content (AvgIpc) is 3.61. The second kappa shape index (κ2) is 10.8.